The Hall–Kier alpha value is -3.13. The maximum atomic E-state index is 12.6. The predicted molar refractivity (Wildman–Crippen MR) is 101 cm³/mol. The number of carbonyl (C=O) groups excluding carboxylic acids is 2. The van der Waals surface area contributed by atoms with Gasteiger partial charge in [0.2, 0.25) is 11.8 Å². The number of hydrogen-bond donors (Lipinski definition) is 1. The maximum Gasteiger partial charge on any atom is 0.229 e. The fraction of sp³-hybridized carbons (Fsp3) is 0.286. The maximum absolute atomic E-state index is 12.6. The second-order valence-corrected chi connectivity index (χ2v) is 6.52. The highest BCUT2D eigenvalue weighted by Gasteiger charge is 2.36. The molecule has 0 saturated carbocycles. The van der Waals surface area contributed by atoms with Gasteiger partial charge in [0.1, 0.15) is 0 Å². The summed E-state index contributed by atoms with van der Waals surface area (Å²) >= 11 is 0. The van der Waals surface area contributed by atoms with Gasteiger partial charge in [0.05, 0.1) is 17.6 Å². The number of benzene rings is 2. The third-order valence-corrected chi connectivity index (χ3v) is 4.75. The van der Waals surface area contributed by atoms with Gasteiger partial charge < -0.3 is 10.2 Å². The SMILES string of the molecule is CCc1cccc(C)c1N1CC(C(=O)Nc2ccc(C#N)cc2)CC1=O. The second-order valence-electron chi connectivity index (χ2n) is 6.52. The van der Waals surface area contributed by atoms with E-state index in [1.807, 2.05) is 31.2 Å². The van der Waals surface area contributed by atoms with Crippen LogP contribution in [-0.2, 0) is 16.0 Å². The van der Waals surface area contributed by atoms with Crippen LogP contribution in [0.3, 0.4) is 0 Å². The standard InChI is InChI=1S/C21H21N3O2/c1-3-16-6-4-5-14(2)20(16)24-13-17(11-19(24)25)21(26)23-18-9-7-15(12-22)8-10-18/h4-10,17H,3,11,13H2,1-2H3,(H,23,26). The van der Waals surface area contributed by atoms with E-state index in [0.717, 1.165) is 23.2 Å². The van der Waals surface area contributed by atoms with Crippen molar-refractivity contribution in [3.63, 3.8) is 0 Å². The van der Waals surface area contributed by atoms with Crippen molar-refractivity contribution in [2.75, 3.05) is 16.8 Å². The Kier molecular flexibility index (Phi) is 5.04. The minimum Gasteiger partial charge on any atom is -0.326 e. The molecule has 2 aromatic rings. The summed E-state index contributed by atoms with van der Waals surface area (Å²) in [4.78, 5) is 26.9. The van der Waals surface area contributed by atoms with E-state index < -0.39 is 0 Å². The molecule has 3 rings (SSSR count). The van der Waals surface area contributed by atoms with Crippen LogP contribution < -0.4 is 10.2 Å². The summed E-state index contributed by atoms with van der Waals surface area (Å²) in [7, 11) is 0. The van der Waals surface area contributed by atoms with Gasteiger partial charge in [-0.1, -0.05) is 25.1 Å². The molecule has 1 N–H and O–H groups in total. The van der Waals surface area contributed by atoms with Crippen molar-refractivity contribution in [1.82, 2.24) is 0 Å². The van der Waals surface area contributed by atoms with Crippen LogP contribution in [0.2, 0.25) is 0 Å². The molecule has 1 atom stereocenters. The zero-order valence-electron chi connectivity index (χ0n) is 15.0. The smallest absolute Gasteiger partial charge is 0.229 e. The van der Waals surface area contributed by atoms with Gasteiger partial charge in [-0.25, -0.2) is 0 Å². The Morgan fingerprint density at radius 1 is 1.27 bits per heavy atom. The van der Waals surface area contributed by atoms with Crippen LogP contribution in [-0.4, -0.2) is 18.4 Å². The number of rotatable bonds is 4. The number of amides is 2. The number of nitriles is 1. The lowest BCUT2D eigenvalue weighted by molar-refractivity contribution is -0.122. The third kappa shape index (κ3) is 3.45. The van der Waals surface area contributed by atoms with E-state index in [2.05, 4.69) is 12.2 Å². The van der Waals surface area contributed by atoms with Gasteiger partial charge in [0.25, 0.3) is 0 Å². The minimum atomic E-state index is -0.387. The summed E-state index contributed by atoms with van der Waals surface area (Å²) in [5.74, 6) is -0.575. The molecule has 132 valence electrons. The molecule has 1 aliphatic heterocycles. The quantitative estimate of drug-likeness (QED) is 0.921. The third-order valence-electron chi connectivity index (χ3n) is 4.75. The van der Waals surface area contributed by atoms with Crippen LogP contribution in [0.15, 0.2) is 42.5 Å². The Morgan fingerprint density at radius 2 is 2.00 bits per heavy atom. The molecule has 1 fully saturated rings. The highest BCUT2D eigenvalue weighted by molar-refractivity contribution is 6.04. The molecule has 0 aliphatic carbocycles. The van der Waals surface area contributed by atoms with E-state index >= 15 is 0 Å². The molecular weight excluding hydrogens is 326 g/mol. The van der Waals surface area contributed by atoms with Crippen molar-refractivity contribution in [2.45, 2.75) is 26.7 Å². The first-order valence-electron chi connectivity index (χ1n) is 8.73. The molecule has 2 aromatic carbocycles. The van der Waals surface area contributed by atoms with Crippen molar-refractivity contribution in [2.24, 2.45) is 5.92 Å². The van der Waals surface area contributed by atoms with Gasteiger partial charge in [-0.2, -0.15) is 5.26 Å². The zero-order chi connectivity index (χ0) is 18.7. The first-order valence-corrected chi connectivity index (χ1v) is 8.73. The average molecular weight is 347 g/mol. The lowest BCUT2D eigenvalue weighted by Gasteiger charge is -2.22. The Labute approximate surface area is 153 Å². The van der Waals surface area contributed by atoms with Crippen LogP contribution in [0.1, 0.15) is 30.0 Å². The average Bonchev–Trinajstić information content (AvgIpc) is 3.03. The summed E-state index contributed by atoms with van der Waals surface area (Å²) < 4.78 is 0. The number of nitrogens with one attached hydrogen (secondary N) is 1. The van der Waals surface area contributed by atoms with E-state index in [1.165, 1.54) is 0 Å². The second kappa shape index (κ2) is 7.40. The van der Waals surface area contributed by atoms with E-state index in [1.54, 1.807) is 29.2 Å². The first-order chi connectivity index (χ1) is 12.5. The molecule has 26 heavy (non-hydrogen) atoms. The highest BCUT2D eigenvalue weighted by atomic mass is 16.2. The van der Waals surface area contributed by atoms with Crippen molar-refractivity contribution in [3.05, 3.63) is 59.2 Å². The molecule has 1 aliphatic rings. The molecule has 2 amide bonds. The largest absolute Gasteiger partial charge is 0.326 e. The molecule has 1 unspecified atom stereocenters. The van der Waals surface area contributed by atoms with E-state index in [9.17, 15) is 9.59 Å². The van der Waals surface area contributed by atoms with Gasteiger partial charge in [-0.3, -0.25) is 9.59 Å². The molecule has 5 nitrogen and oxygen atoms in total. The lowest BCUT2D eigenvalue weighted by Crippen LogP contribution is -2.29. The van der Waals surface area contributed by atoms with Crippen molar-refractivity contribution >= 4 is 23.2 Å². The fourth-order valence-electron chi connectivity index (χ4n) is 3.36. The fourth-order valence-corrected chi connectivity index (χ4v) is 3.36. The Morgan fingerprint density at radius 3 is 2.65 bits per heavy atom. The summed E-state index contributed by atoms with van der Waals surface area (Å²) in [5, 5.41) is 11.7. The van der Waals surface area contributed by atoms with Crippen LogP contribution in [0.25, 0.3) is 0 Å². The number of nitrogens with zero attached hydrogens (tertiary/aromatic N) is 2. The lowest BCUT2D eigenvalue weighted by atomic mass is 10.0. The van der Waals surface area contributed by atoms with E-state index in [-0.39, 0.29) is 24.2 Å². The minimum absolute atomic E-state index is 0.0195. The molecule has 0 radical (unpaired) electrons. The van der Waals surface area contributed by atoms with Crippen molar-refractivity contribution < 1.29 is 9.59 Å². The molecule has 0 aromatic heterocycles. The van der Waals surface area contributed by atoms with Crippen LogP contribution in [0.5, 0.6) is 0 Å². The summed E-state index contributed by atoms with van der Waals surface area (Å²) in [6.45, 7) is 4.44. The first kappa shape index (κ1) is 17.7. The topological polar surface area (TPSA) is 73.2 Å². The van der Waals surface area contributed by atoms with Crippen LogP contribution >= 0.6 is 0 Å². The van der Waals surface area contributed by atoms with Crippen LogP contribution in [0.4, 0.5) is 11.4 Å². The summed E-state index contributed by atoms with van der Waals surface area (Å²) in [5.41, 5.74) is 4.27. The molecular formula is C21H21N3O2. The zero-order valence-corrected chi connectivity index (χ0v) is 15.0. The van der Waals surface area contributed by atoms with E-state index in [0.29, 0.717) is 17.8 Å². The monoisotopic (exact) mass is 347 g/mol. The molecule has 1 heterocycles. The van der Waals surface area contributed by atoms with Gasteiger partial charge in [0, 0.05) is 24.3 Å². The highest BCUT2D eigenvalue weighted by Crippen LogP contribution is 2.32. The van der Waals surface area contributed by atoms with Crippen LogP contribution in [0, 0.1) is 24.2 Å². The molecule has 0 bridgehead atoms. The Balaban J connectivity index is 1.75. The van der Waals surface area contributed by atoms with Gasteiger partial charge in [-0.15, -0.1) is 0 Å². The molecule has 5 heteroatoms. The summed E-state index contributed by atoms with van der Waals surface area (Å²) in [6.07, 6.45) is 1.04. The van der Waals surface area contributed by atoms with Gasteiger partial charge in [0.15, 0.2) is 0 Å². The Bertz CT molecular complexity index is 881. The van der Waals surface area contributed by atoms with E-state index in [4.69, 9.17) is 5.26 Å². The number of carbonyl (C=O) groups is 2. The predicted octanol–water partition coefficient (Wildman–Crippen LogP) is 3.42. The molecule has 1 saturated heterocycles. The number of para-hydroxylation sites is 1. The van der Waals surface area contributed by atoms with Crippen molar-refractivity contribution in [3.8, 4) is 6.07 Å². The number of aryl methyl sites for hydroxylation is 2. The number of hydrogen-bond acceptors (Lipinski definition) is 3. The van der Waals surface area contributed by atoms with Gasteiger partial charge in [-0.05, 0) is 48.7 Å². The molecule has 0 spiro atoms. The van der Waals surface area contributed by atoms with Crippen molar-refractivity contribution in [1.29, 1.82) is 5.26 Å². The van der Waals surface area contributed by atoms with Gasteiger partial charge >= 0.3 is 0 Å². The summed E-state index contributed by atoms with van der Waals surface area (Å²) in [6, 6.07) is 14.8. The number of anilines is 2. The normalized spacial score (nSPS) is 16.4.